The van der Waals surface area contributed by atoms with Crippen LogP contribution in [-0.2, 0) is 9.59 Å². The normalized spacial score (nSPS) is 13.9. The Morgan fingerprint density at radius 3 is 2.50 bits per heavy atom. The van der Waals surface area contributed by atoms with Crippen LogP contribution in [-0.4, -0.2) is 17.0 Å². The molecule has 0 aromatic heterocycles. The third kappa shape index (κ3) is 3.70. The molecule has 1 aromatic rings. The Balaban J connectivity index is 2.84. The van der Waals surface area contributed by atoms with Crippen molar-refractivity contribution in [2.75, 3.05) is 5.32 Å². The van der Waals surface area contributed by atoms with Gasteiger partial charge in [-0.1, -0.05) is 25.4 Å². The molecular weight excluding hydrogens is 285 g/mol. The zero-order chi connectivity index (χ0) is 15.5. The molecule has 0 spiro atoms. The third-order valence-electron chi connectivity index (χ3n) is 3.50. The quantitative estimate of drug-likeness (QED) is 0.874. The van der Waals surface area contributed by atoms with Gasteiger partial charge in [0.1, 0.15) is 5.82 Å². The Kier molecular flexibility index (Phi) is 5.11. The predicted octanol–water partition coefficient (Wildman–Crippen LogP) is 3.55. The van der Waals surface area contributed by atoms with E-state index >= 15 is 0 Å². The van der Waals surface area contributed by atoms with Crippen LogP contribution in [0.25, 0.3) is 0 Å². The van der Waals surface area contributed by atoms with Crippen LogP contribution in [0.4, 0.5) is 10.1 Å². The number of aliphatic carboxylic acids is 1. The maximum Gasteiger partial charge on any atom is 0.310 e. The number of carbonyl (C=O) groups is 2. The smallest absolute Gasteiger partial charge is 0.310 e. The van der Waals surface area contributed by atoms with Gasteiger partial charge in [-0.3, -0.25) is 9.59 Å². The zero-order valence-corrected chi connectivity index (χ0v) is 12.3. The average Bonchev–Trinajstić information content (AvgIpc) is 2.32. The lowest BCUT2D eigenvalue weighted by Gasteiger charge is -2.28. The van der Waals surface area contributed by atoms with Crippen molar-refractivity contribution in [1.29, 1.82) is 0 Å². The predicted molar refractivity (Wildman–Crippen MR) is 75.2 cm³/mol. The Morgan fingerprint density at radius 2 is 2.05 bits per heavy atom. The van der Waals surface area contributed by atoms with E-state index in [1.54, 1.807) is 13.8 Å². The number of rotatable bonds is 5. The van der Waals surface area contributed by atoms with Crippen LogP contribution >= 0.6 is 11.6 Å². The number of nitrogens with one attached hydrogen (secondary N) is 1. The van der Waals surface area contributed by atoms with Gasteiger partial charge in [-0.15, -0.1) is 0 Å². The molecule has 1 atom stereocenters. The van der Waals surface area contributed by atoms with Crippen molar-refractivity contribution < 1.29 is 19.1 Å². The third-order valence-corrected chi connectivity index (χ3v) is 3.81. The molecule has 20 heavy (non-hydrogen) atoms. The Bertz CT molecular complexity index is 533. The molecule has 110 valence electrons. The topological polar surface area (TPSA) is 66.4 Å². The highest BCUT2D eigenvalue weighted by molar-refractivity contribution is 6.33. The number of hydrogen-bond acceptors (Lipinski definition) is 2. The van der Waals surface area contributed by atoms with Crippen molar-refractivity contribution in [2.24, 2.45) is 11.3 Å². The minimum Gasteiger partial charge on any atom is -0.481 e. The van der Waals surface area contributed by atoms with E-state index in [4.69, 9.17) is 11.6 Å². The Hall–Kier alpha value is -1.62. The highest BCUT2D eigenvalue weighted by Gasteiger charge is 2.38. The first-order valence-corrected chi connectivity index (χ1v) is 6.53. The van der Waals surface area contributed by atoms with Gasteiger partial charge in [0, 0.05) is 6.42 Å². The summed E-state index contributed by atoms with van der Waals surface area (Å²) in [6, 6.07) is 3.58. The van der Waals surface area contributed by atoms with Crippen molar-refractivity contribution >= 4 is 29.2 Å². The molecule has 6 heteroatoms. The van der Waals surface area contributed by atoms with E-state index in [0.29, 0.717) is 0 Å². The van der Waals surface area contributed by atoms with Gasteiger partial charge in [0.05, 0.1) is 16.1 Å². The summed E-state index contributed by atoms with van der Waals surface area (Å²) < 4.78 is 12.9. The lowest BCUT2D eigenvalue weighted by Crippen LogP contribution is -2.37. The van der Waals surface area contributed by atoms with Crippen molar-refractivity contribution in [1.82, 2.24) is 0 Å². The van der Waals surface area contributed by atoms with Gasteiger partial charge in [0.25, 0.3) is 0 Å². The first-order chi connectivity index (χ1) is 9.16. The molecule has 0 aliphatic carbocycles. The summed E-state index contributed by atoms with van der Waals surface area (Å²) >= 11 is 5.80. The zero-order valence-electron chi connectivity index (χ0n) is 11.5. The average molecular weight is 302 g/mol. The minimum absolute atomic E-state index is 0.0694. The molecular formula is C14H17ClFNO3. The summed E-state index contributed by atoms with van der Waals surface area (Å²) in [6.45, 7) is 5.00. The van der Waals surface area contributed by atoms with Gasteiger partial charge in [-0.2, -0.15) is 0 Å². The molecule has 0 radical (unpaired) electrons. The van der Waals surface area contributed by atoms with E-state index in [9.17, 15) is 19.1 Å². The molecule has 1 rings (SSSR count). The maximum atomic E-state index is 12.9. The fraction of sp³-hybridized carbons (Fsp3) is 0.429. The Morgan fingerprint density at radius 1 is 1.45 bits per heavy atom. The molecule has 0 fully saturated rings. The molecule has 1 aromatic carbocycles. The number of benzene rings is 1. The van der Waals surface area contributed by atoms with Crippen molar-refractivity contribution in [2.45, 2.75) is 27.2 Å². The van der Waals surface area contributed by atoms with Crippen LogP contribution in [0, 0.1) is 17.2 Å². The summed E-state index contributed by atoms with van der Waals surface area (Å²) in [5, 5.41) is 11.8. The molecule has 0 aliphatic rings. The molecule has 1 unspecified atom stereocenters. The lowest BCUT2D eigenvalue weighted by molar-refractivity contribution is -0.153. The number of carboxylic acid groups (broad SMARTS) is 1. The van der Waals surface area contributed by atoms with E-state index in [-0.39, 0.29) is 23.0 Å². The van der Waals surface area contributed by atoms with Crippen LogP contribution in [0.15, 0.2) is 18.2 Å². The van der Waals surface area contributed by atoms with Gasteiger partial charge >= 0.3 is 5.97 Å². The molecule has 2 N–H and O–H groups in total. The molecule has 0 saturated carbocycles. The highest BCUT2D eigenvalue weighted by atomic mass is 35.5. The van der Waals surface area contributed by atoms with Crippen LogP contribution in [0.5, 0.6) is 0 Å². The first kappa shape index (κ1) is 16.4. The van der Waals surface area contributed by atoms with Crippen molar-refractivity contribution in [3.8, 4) is 0 Å². The SMILES string of the molecule is CC(C)C(C)(CC(=O)Nc1ccc(F)cc1Cl)C(=O)O. The summed E-state index contributed by atoms with van der Waals surface area (Å²) in [6.07, 6.45) is -0.187. The van der Waals surface area contributed by atoms with Crippen LogP contribution in [0.3, 0.4) is 0 Å². The molecule has 0 saturated heterocycles. The second-order valence-corrected chi connectivity index (χ2v) is 5.63. The number of halogens is 2. The van der Waals surface area contributed by atoms with E-state index in [1.165, 1.54) is 19.1 Å². The standard InChI is InChI=1S/C14H17ClFNO3/c1-8(2)14(3,13(19)20)7-12(18)17-11-5-4-9(16)6-10(11)15/h4-6,8H,7H2,1-3H3,(H,17,18)(H,19,20). The van der Waals surface area contributed by atoms with E-state index < -0.39 is 23.1 Å². The van der Waals surface area contributed by atoms with Gasteiger partial charge in [0.15, 0.2) is 0 Å². The highest BCUT2D eigenvalue weighted by Crippen LogP contribution is 2.32. The molecule has 0 bridgehead atoms. The summed E-state index contributed by atoms with van der Waals surface area (Å²) in [5.41, 5.74) is -0.911. The van der Waals surface area contributed by atoms with Crippen LogP contribution < -0.4 is 5.32 Å². The van der Waals surface area contributed by atoms with Crippen molar-refractivity contribution in [3.63, 3.8) is 0 Å². The van der Waals surface area contributed by atoms with Crippen LogP contribution in [0.1, 0.15) is 27.2 Å². The second-order valence-electron chi connectivity index (χ2n) is 5.23. The number of carbonyl (C=O) groups excluding carboxylic acids is 1. The lowest BCUT2D eigenvalue weighted by atomic mass is 9.76. The first-order valence-electron chi connectivity index (χ1n) is 6.15. The van der Waals surface area contributed by atoms with Gasteiger partial charge in [-0.25, -0.2) is 4.39 Å². The van der Waals surface area contributed by atoms with Gasteiger partial charge in [0.2, 0.25) is 5.91 Å². The fourth-order valence-electron chi connectivity index (χ4n) is 1.65. The maximum absolute atomic E-state index is 12.9. The number of anilines is 1. The second kappa shape index (κ2) is 6.22. The fourth-order valence-corrected chi connectivity index (χ4v) is 1.86. The van der Waals surface area contributed by atoms with Gasteiger partial charge < -0.3 is 10.4 Å². The van der Waals surface area contributed by atoms with E-state index in [1.807, 2.05) is 0 Å². The van der Waals surface area contributed by atoms with E-state index in [2.05, 4.69) is 5.32 Å². The largest absolute Gasteiger partial charge is 0.481 e. The summed E-state index contributed by atoms with van der Waals surface area (Å²) in [4.78, 5) is 23.3. The molecule has 0 heterocycles. The van der Waals surface area contributed by atoms with Gasteiger partial charge in [-0.05, 0) is 31.0 Å². The number of carboxylic acids is 1. The van der Waals surface area contributed by atoms with Crippen molar-refractivity contribution in [3.05, 3.63) is 29.0 Å². The molecule has 0 aliphatic heterocycles. The number of hydrogen-bond donors (Lipinski definition) is 2. The minimum atomic E-state index is -1.17. The Labute approximate surface area is 121 Å². The summed E-state index contributed by atoms with van der Waals surface area (Å²) in [5.74, 6) is -2.23. The monoisotopic (exact) mass is 301 g/mol. The van der Waals surface area contributed by atoms with E-state index in [0.717, 1.165) is 6.07 Å². The molecule has 4 nitrogen and oxygen atoms in total. The summed E-state index contributed by atoms with van der Waals surface area (Å²) in [7, 11) is 0. The number of amides is 1. The van der Waals surface area contributed by atoms with Crippen LogP contribution in [0.2, 0.25) is 5.02 Å². The molecule has 1 amide bonds.